The summed E-state index contributed by atoms with van der Waals surface area (Å²) in [5, 5.41) is 9.82. The fourth-order valence-corrected chi connectivity index (χ4v) is 7.94. The van der Waals surface area contributed by atoms with Crippen molar-refractivity contribution in [3.8, 4) is 0 Å². The van der Waals surface area contributed by atoms with Gasteiger partial charge in [-0.05, 0) is 50.3 Å². The van der Waals surface area contributed by atoms with E-state index in [4.69, 9.17) is 4.42 Å². The Hall–Kier alpha value is -3.08. The van der Waals surface area contributed by atoms with E-state index in [1.807, 2.05) is 6.07 Å². The van der Waals surface area contributed by atoms with E-state index in [9.17, 15) is 18.3 Å². The number of aliphatic hydroxyl groups is 1. The second-order valence-electron chi connectivity index (χ2n) is 10.1. The van der Waals surface area contributed by atoms with Crippen LogP contribution in [0.1, 0.15) is 60.3 Å². The zero-order chi connectivity index (χ0) is 26.6. The fourth-order valence-electron chi connectivity index (χ4n) is 5.75. The molecule has 0 unspecified atom stereocenters. The van der Waals surface area contributed by atoms with E-state index in [0.29, 0.717) is 18.4 Å². The van der Waals surface area contributed by atoms with E-state index >= 15 is 8.78 Å². The molecule has 3 aromatic rings. The summed E-state index contributed by atoms with van der Waals surface area (Å²) in [6.07, 6.45) is 3.51. The van der Waals surface area contributed by atoms with Crippen LogP contribution in [0.4, 0.5) is 8.78 Å². The summed E-state index contributed by atoms with van der Waals surface area (Å²) in [4.78, 5) is 14.0. The van der Waals surface area contributed by atoms with Gasteiger partial charge in [0.2, 0.25) is 10.0 Å². The molecular formula is C27H28F2N2O5S. The number of nitrogens with zero attached hydrogens (tertiary/aromatic N) is 1. The van der Waals surface area contributed by atoms with Gasteiger partial charge in [-0.1, -0.05) is 36.4 Å². The third-order valence-corrected chi connectivity index (χ3v) is 10.1. The molecule has 2 N–H and O–H groups in total. The lowest BCUT2D eigenvalue weighted by molar-refractivity contribution is -0.0436. The van der Waals surface area contributed by atoms with Gasteiger partial charge in [-0.25, -0.2) is 22.0 Å². The second-order valence-corrected chi connectivity index (χ2v) is 12.2. The monoisotopic (exact) mass is 530 g/mol. The summed E-state index contributed by atoms with van der Waals surface area (Å²) < 4.78 is 64.6. The molecule has 37 heavy (non-hydrogen) atoms. The van der Waals surface area contributed by atoms with Crippen LogP contribution in [-0.4, -0.2) is 34.5 Å². The van der Waals surface area contributed by atoms with Crippen LogP contribution in [0.2, 0.25) is 0 Å². The fraction of sp³-hybridized carbons (Fsp3) is 0.370. The van der Waals surface area contributed by atoms with Crippen LogP contribution >= 0.6 is 0 Å². The van der Waals surface area contributed by atoms with E-state index < -0.39 is 43.7 Å². The van der Waals surface area contributed by atoms with Crippen molar-refractivity contribution in [2.75, 3.05) is 0 Å². The molecule has 0 bridgehead atoms. The lowest BCUT2D eigenvalue weighted by Crippen LogP contribution is -2.54. The molecule has 1 saturated heterocycles. The van der Waals surface area contributed by atoms with E-state index in [1.165, 1.54) is 16.6 Å². The third-order valence-electron chi connectivity index (χ3n) is 7.77. The molecule has 7 nitrogen and oxygen atoms in total. The summed E-state index contributed by atoms with van der Waals surface area (Å²) >= 11 is 0. The molecule has 0 amide bonds. The number of oxazole rings is 1. The minimum Gasteiger partial charge on any atom is -0.412 e. The Balaban J connectivity index is 1.50. The molecule has 2 fully saturated rings. The first-order valence-corrected chi connectivity index (χ1v) is 13.6. The Morgan fingerprint density at radius 3 is 2.51 bits per heavy atom. The molecule has 0 spiro atoms. The number of benzene rings is 2. The zero-order valence-electron chi connectivity index (χ0n) is 20.3. The van der Waals surface area contributed by atoms with Crippen molar-refractivity contribution in [1.82, 2.24) is 9.29 Å². The van der Waals surface area contributed by atoms with Crippen molar-refractivity contribution in [2.24, 2.45) is 0 Å². The summed E-state index contributed by atoms with van der Waals surface area (Å²) in [5.41, 5.74) is -2.14. The first-order chi connectivity index (χ1) is 17.5. The molecule has 2 aromatic carbocycles. The number of H-pyrrole nitrogens is 1. The maximum atomic E-state index is 15.6. The number of hydrogen-bond donors (Lipinski definition) is 2. The van der Waals surface area contributed by atoms with Crippen LogP contribution in [-0.2, 0) is 22.0 Å². The van der Waals surface area contributed by atoms with Crippen molar-refractivity contribution in [3.05, 3.63) is 106 Å². The molecular weight excluding hydrogens is 502 g/mol. The maximum absolute atomic E-state index is 15.6. The van der Waals surface area contributed by atoms with Gasteiger partial charge in [0.05, 0.1) is 11.0 Å². The third kappa shape index (κ3) is 4.26. The first-order valence-electron chi connectivity index (χ1n) is 12.1. The highest BCUT2D eigenvalue weighted by Gasteiger charge is 2.57. The zero-order valence-corrected chi connectivity index (χ0v) is 21.1. The van der Waals surface area contributed by atoms with Crippen molar-refractivity contribution >= 4 is 10.0 Å². The largest absolute Gasteiger partial charge is 0.416 e. The number of hydrogen-bond acceptors (Lipinski definition) is 5. The smallest absolute Gasteiger partial charge is 0.412 e. The van der Waals surface area contributed by atoms with Crippen molar-refractivity contribution in [3.63, 3.8) is 0 Å². The Bertz CT molecular complexity index is 1490. The van der Waals surface area contributed by atoms with Crippen molar-refractivity contribution in [1.29, 1.82) is 0 Å². The predicted octanol–water partition coefficient (Wildman–Crippen LogP) is 4.30. The molecule has 10 heteroatoms. The Labute approximate surface area is 213 Å². The summed E-state index contributed by atoms with van der Waals surface area (Å²) in [5.74, 6) is -2.24. The van der Waals surface area contributed by atoms with Crippen LogP contribution < -0.4 is 5.76 Å². The van der Waals surface area contributed by atoms with Crippen LogP contribution in [0, 0.1) is 11.6 Å². The highest BCUT2D eigenvalue weighted by Crippen LogP contribution is 2.55. The molecule has 196 valence electrons. The van der Waals surface area contributed by atoms with Crippen molar-refractivity contribution in [2.45, 2.75) is 61.5 Å². The molecule has 1 aliphatic carbocycles. The van der Waals surface area contributed by atoms with Crippen LogP contribution in [0.5, 0.6) is 0 Å². The second kappa shape index (κ2) is 9.04. The molecule has 5 rings (SSSR count). The molecule has 2 aliphatic rings. The van der Waals surface area contributed by atoms with Gasteiger partial charge in [0.15, 0.2) is 0 Å². The Kier molecular flexibility index (Phi) is 6.24. The number of aromatic amines is 1. The number of rotatable bonds is 6. The highest BCUT2D eigenvalue weighted by molar-refractivity contribution is 7.89. The number of sulfonamides is 1. The van der Waals surface area contributed by atoms with Crippen LogP contribution in [0.15, 0.2) is 70.5 Å². The van der Waals surface area contributed by atoms with E-state index in [-0.39, 0.29) is 42.3 Å². The molecule has 1 aromatic heterocycles. The number of aromatic nitrogens is 1. The molecule has 0 radical (unpaired) electrons. The average Bonchev–Trinajstić information content (AvgIpc) is 3.28. The maximum Gasteiger partial charge on any atom is 0.416 e. The quantitative estimate of drug-likeness (QED) is 0.463. The SMILES string of the molecule is C=C[C@]1(O)C[C@@](c2c[nH]c(=O)o2)(c2cc(F)c(CN3[C@@H](C)CC[C@H](c4ccccc4)S3(=O)=O)cc2F)C1. The van der Waals surface area contributed by atoms with Gasteiger partial charge in [0, 0.05) is 29.9 Å². The predicted molar refractivity (Wildman–Crippen MR) is 133 cm³/mol. The molecule has 2 heterocycles. The molecule has 2 atom stereocenters. The first kappa shape index (κ1) is 25.6. The lowest BCUT2D eigenvalue weighted by Gasteiger charge is -2.51. The van der Waals surface area contributed by atoms with Gasteiger partial charge in [0.25, 0.3) is 0 Å². The number of nitrogens with one attached hydrogen (secondary N) is 1. The van der Waals surface area contributed by atoms with Gasteiger partial charge in [-0.15, -0.1) is 6.58 Å². The van der Waals surface area contributed by atoms with Crippen LogP contribution in [0.3, 0.4) is 0 Å². The van der Waals surface area contributed by atoms with Gasteiger partial charge in [-0.2, -0.15) is 4.31 Å². The molecule has 1 saturated carbocycles. The normalized spacial score (nSPS) is 29.5. The Morgan fingerprint density at radius 2 is 1.89 bits per heavy atom. The Morgan fingerprint density at radius 1 is 1.19 bits per heavy atom. The van der Waals surface area contributed by atoms with E-state index in [2.05, 4.69) is 11.6 Å². The van der Waals surface area contributed by atoms with Crippen molar-refractivity contribution < 1.29 is 26.7 Å². The standard InChI is InChI=1S/C27H28F2N2O5S/c1-3-26(33)15-27(16-26,24-13-30-25(32)36-24)20-12-21(28)19(11-22(20)29)14-31-17(2)9-10-23(37(31,34)35)18-7-5-4-6-8-18/h3-8,11-13,17,23,33H,1,9-10,14-16H2,2H3,(H,30,32)/t17-,23+,26-,27-/m0/s1. The summed E-state index contributed by atoms with van der Waals surface area (Å²) in [7, 11) is -3.84. The lowest BCUT2D eigenvalue weighted by atomic mass is 9.55. The minimum atomic E-state index is -3.84. The van der Waals surface area contributed by atoms with E-state index in [0.717, 1.165) is 12.1 Å². The van der Waals surface area contributed by atoms with Gasteiger partial charge < -0.3 is 9.52 Å². The summed E-state index contributed by atoms with van der Waals surface area (Å²) in [6, 6.07) is 10.5. The highest BCUT2D eigenvalue weighted by atomic mass is 32.2. The van der Waals surface area contributed by atoms with Gasteiger partial charge in [0.1, 0.15) is 22.6 Å². The van der Waals surface area contributed by atoms with Gasteiger partial charge in [-0.3, -0.25) is 4.98 Å². The number of halogens is 2. The molecule has 1 aliphatic heterocycles. The average molecular weight is 531 g/mol. The van der Waals surface area contributed by atoms with E-state index in [1.54, 1.807) is 31.2 Å². The minimum absolute atomic E-state index is 0.0592. The topological polar surface area (TPSA) is 104 Å². The van der Waals surface area contributed by atoms with Crippen LogP contribution in [0.25, 0.3) is 0 Å². The van der Waals surface area contributed by atoms with Gasteiger partial charge >= 0.3 is 5.76 Å². The summed E-state index contributed by atoms with van der Waals surface area (Å²) in [6.45, 7) is 5.04.